The molecule has 0 amide bonds. The summed E-state index contributed by atoms with van der Waals surface area (Å²) in [4.78, 5) is 0. The Bertz CT molecular complexity index is 498. The first-order valence-electron chi connectivity index (χ1n) is 8.09. The van der Waals surface area contributed by atoms with Gasteiger partial charge in [0.25, 0.3) is 0 Å². The van der Waals surface area contributed by atoms with Gasteiger partial charge in [-0.25, -0.2) is 0 Å². The highest BCUT2D eigenvalue weighted by Gasteiger charge is 2.55. The second-order valence-electron chi connectivity index (χ2n) is 8.91. The Labute approximate surface area is 138 Å². The second-order valence-corrected chi connectivity index (χ2v) is 16.1. The molecule has 0 aliphatic carbocycles. The Balaban J connectivity index is 3.26. The van der Waals surface area contributed by atoms with Crippen LogP contribution in [0.2, 0.25) is 0 Å². The van der Waals surface area contributed by atoms with Crippen LogP contribution in [0, 0.1) is 11.3 Å². The van der Waals surface area contributed by atoms with Crippen LogP contribution in [0.4, 0.5) is 0 Å². The molecule has 4 atom stereocenters. The maximum Gasteiger partial charge on any atom is 0.197 e. The summed E-state index contributed by atoms with van der Waals surface area (Å²) in [7, 11) is -2.57. The first-order valence-corrected chi connectivity index (χ1v) is 13.5. The Morgan fingerprint density at radius 3 is 1.86 bits per heavy atom. The van der Waals surface area contributed by atoms with Crippen molar-refractivity contribution in [2.75, 3.05) is 26.7 Å². The van der Waals surface area contributed by atoms with E-state index < -0.39 is 14.3 Å². The Hall–Kier alpha value is 0.450. The minimum atomic E-state index is -2.57. The van der Waals surface area contributed by atoms with Gasteiger partial charge in [0.15, 0.2) is 7.37 Å². The fourth-order valence-electron chi connectivity index (χ4n) is 3.13. The average Bonchev–Trinajstić information content (AvgIpc) is 2.54. The molecule has 22 heavy (non-hydrogen) atoms. The Morgan fingerprint density at radius 1 is 1.05 bits per heavy atom. The molecule has 0 bridgehead atoms. The SMILES string of the molecule is C=P(C)(C)C(C)(C)C(C)(C)[C@H]1O[C@@H](C)[C@H](C)[C@@H]1OP(C)(C)=O. The summed E-state index contributed by atoms with van der Waals surface area (Å²) in [6, 6.07) is 0. The highest BCUT2D eigenvalue weighted by Crippen LogP contribution is 2.62. The molecule has 132 valence electrons. The van der Waals surface area contributed by atoms with Gasteiger partial charge in [-0.3, -0.25) is 4.57 Å². The Kier molecular flexibility index (Phi) is 5.65. The van der Waals surface area contributed by atoms with Gasteiger partial charge in [0.1, 0.15) is 0 Å². The van der Waals surface area contributed by atoms with Crippen molar-refractivity contribution in [1.29, 1.82) is 0 Å². The monoisotopic (exact) mass is 350 g/mol. The third-order valence-corrected chi connectivity index (χ3v) is 10.4. The molecule has 1 rings (SSSR count). The third kappa shape index (κ3) is 3.75. The van der Waals surface area contributed by atoms with Crippen molar-refractivity contribution in [2.45, 2.75) is 65.0 Å². The van der Waals surface area contributed by atoms with Crippen LogP contribution in [0.3, 0.4) is 0 Å². The lowest BCUT2D eigenvalue weighted by Gasteiger charge is -2.52. The molecule has 0 aromatic carbocycles. The summed E-state index contributed by atoms with van der Waals surface area (Å²) >= 11 is 0. The lowest BCUT2D eigenvalue weighted by atomic mass is 9.72. The average molecular weight is 350 g/mol. The van der Waals surface area contributed by atoms with E-state index in [0.717, 1.165) is 0 Å². The van der Waals surface area contributed by atoms with Crippen LogP contribution in [0.15, 0.2) is 0 Å². The highest BCUT2D eigenvalue weighted by atomic mass is 31.2. The number of hydrogen-bond acceptors (Lipinski definition) is 3. The van der Waals surface area contributed by atoms with Crippen LogP contribution in [-0.2, 0) is 13.8 Å². The van der Waals surface area contributed by atoms with Gasteiger partial charge in [-0.1, -0.05) is 34.6 Å². The quantitative estimate of drug-likeness (QED) is 0.665. The summed E-state index contributed by atoms with van der Waals surface area (Å²) in [6.07, 6.45) is 4.40. The first-order chi connectivity index (χ1) is 9.52. The fraction of sp³-hybridized carbons (Fsp3) is 0.941. The molecule has 0 aromatic heterocycles. The van der Waals surface area contributed by atoms with Crippen LogP contribution in [0.1, 0.15) is 41.5 Å². The van der Waals surface area contributed by atoms with Crippen LogP contribution in [0.5, 0.6) is 0 Å². The van der Waals surface area contributed by atoms with Crippen molar-refractivity contribution < 1.29 is 13.8 Å². The lowest BCUT2D eigenvalue weighted by molar-refractivity contribution is -0.0598. The molecule has 0 saturated carbocycles. The van der Waals surface area contributed by atoms with Crippen LogP contribution < -0.4 is 0 Å². The normalized spacial score (nSPS) is 31.5. The van der Waals surface area contributed by atoms with Gasteiger partial charge >= 0.3 is 0 Å². The van der Waals surface area contributed by atoms with E-state index in [9.17, 15) is 4.57 Å². The summed E-state index contributed by atoms with van der Waals surface area (Å²) < 4.78 is 24.6. The van der Waals surface area contributed by atoms with Crippen molar-refractivity contribution in [1.82, 2.24) is 0 Å². The molecule has 1 fully saturated rings. The van der Waals surface area contributed by atoms with E-state index >= 15 is 0 Å². The maximum atomic E-state index is 12.3. The van der Waals surface area contributed by atoms with E-state index in [-0.39, 0.29) is 34.8 Å². The largest absolute Gasteiger partial charge is 0.372 e. The topological polar surface area (TPSA) is 35.5 Å². The molecule has 0 spiro atoms. The zero-order valence-corrected chi connectivity index (χ0v) is 17.9. The number of ether oxygens (including phenoxy) is 1. The van der Waals surface area contributed by atoms with Crippen LogP contribution >= 0.6 is 14.3 Å². The van der Waals surface area contributed by atoms with E-state index in [1.54, 1.807) is 13.3 Å². The van der Waals surface area contributed by atoms with E-state index in [2.05, 4.69) is 61.2 Å². The van der Waals surface area contributed by atoms with Crippen LogP contribution in [-0.4, -0.2) is 56.4 Å². The predicted molar refractivity (Wildman–Crippen MR) is 102 cm³/mol. The van der Waals surface area contributed by atoms with Gasteiger partial charge in [-0.2, -0.15) is 0 Å². The zero-order valence-electron chi connectivity index (χ0n) is 16.1. The molecule has 1 heterocycles. The molecule has 1 aliphatic rings. The predicted octanol–water partition coefficient (Wildman–Crippen LogP) is 4.85. The van der Waals surface area contributed by atoms with E-state index in [0.29, 0.717) is 0 Å². The molecule has 0 radical (unpaired) electrons. The van der Waals surface area contributed by atoms with Crippen molar-refractivity contribution in [3.8, 4) is 0 Å². The van der Waals surface area contributed by atoms with Gasteiger partial charge in [-0.15, -0.1) is 13.2 Å². The van der Waals surface area contributed by atoms with Gasteiger partial charge in [0.05, 0.1) is 18.3 Å². The summed E-state index contributed by atoms with van der Waals surface area (Å²) in [6.45, 7) is 19.9. The van der Waals surface area contributed by atoms with Gasteiger partial charge in [0, 0.05) is 24.7 Å². The molecular formula is C17H36O3P2. The minimum absolute atomic E-state index is 0.0293. The molecular weight excluding hydrogens is 314 g/mol. The molecule has 0 N–H and O–H groups in total. The lowest BCUT2D eigenvalue weighted by Crippen LogP contribution is -2.51. The van der Waals surface area contributed by atoms with E-state index in [4.69, 9.17) is 9.26 Å². The number of rotatable bonds is 5. The molecule has 3 nitrogen and oxygen atoms in total. The number of hydrogen-bond donors (Lipinski definition) is 0. The second kappa shape index (κ2) is 6.07. The molecule has 1 saturated heterocycles. The summed E-state index contributed by atoms with van der Waals surface area (Å²) in [5, 5.41) is 0.0293. The molecule has 1 aliphatic heterocycles. The van der Waals surface area contributed by atoms with Crippen molar-refractivity contribution in [3.05, 3.63) is 0 Å². The van der Waals surface area contributed by atoms with Gasteiger partial charge < -0.3 is 9.26 Å². The standard InChI is InChI=1S/C17H36O3P2/c1-12-13(2)19-15(14(12)20-22(10,11)18)16(3,4)17(5,6)21(7,8)9/h12-15H,7H2,1-6,8-11H3/t12-,13-,14-,15-/m0/s1. The summed E-state index contributed by atoms with van der Waals surface area (Å²) in [5.41, 5.74) is -0.120. The minimum Gasteiger partial charge on any atom is -0.372 e. The van der Waals surface area contributed by atoms with Crippen molar-refractivity contribution in [3.63, 3.8) is 0 Å². The van der Waals surface area contributed by atoms with Crippen molar-refractivity contribution in [2.24, 2.45) is 11.3 Å². The third-order valence-electron chi connectivity index (χ3n) is 6.10. The molecule has 0 aromatic rings. The molecule has 5 heteroatoms. The van der Waals surface area contributed by atoms with Gasteiger partial charge in [-0.05, 0) is 25.4 Å². The molecule has 0 unspecified atom stereocenters. The Morgan fingerprint density at radius 2 is 1.50 bits per heavy atom. The van der Waals surface area contributed by atoms with E-state index in [1.807, 2.05) is 0 Å². The first kappa shape index (κ1) is 20.5. The van der Waals surface area contributed by atoms with Gasteiger partial charge in [0.2, 0.25) is 0 Å². The summed E-state index contributed by atoms with van der Waals surface area (Å²) in [5.74, 6) is 0.236. The van der Waals surface area contributed by atoms with E-state index in [1.165, 1.54) is 0 Å². The maximum absolute atomic E-state index is 12.3. The van der Waals surface area contributed by atoms with Crippen molar-refractivity contribution >= 4 is 20.6 Å². The zero-order chi connectivity index (χ0) is 17.7. The fourth-order valence-corrected chi connectivity index (χ4v) is 5.70. The smallest absolute Gasteiger partial charge is 0.197 e. The highest BCUT2D eigenvalue weighted by molar-refractivity contribution is 7.73. The van der Waals surface area contributed by atoms with Crippen LogP contribution in [0.25, 0.3) is 0 Å².